The molecule has 2 heteroatoms. The molecule has 1 radical (unpaired) electrons. The molecule has 0 aliphatic carbocycles. The van der Waals surface area contributed by atoms with Crippen LogP contribution in [0.4, 0.5) is 0 Å². The third-order valence-corrected chi connectivity index (χ3v) is 1.99. The zero-order valence-corrected chi connectivity index (χ0v) is 9.13. The Kier molecular flexibility index (Phi) is 3.53. The van der Waals surface area contributed by atoms with Gasteiger partial charge in [-0.25, -0.2) is 0 Å². The normalized spacial score (nSPS) is 11.4. The van der Waals surface area contributed by atoms with Crippen molar-refractivity contribution < 1.29 is 4.74 Å². The summed E-state index contributed by atoms with van der Waals surface area (Å²) >= 11 is 0. The topological polar surface area (TPSA) is 35.2 Å². The molecule has 0 heterocycles. The van der Waals surface area contributed by atoms with E-state index in [-0.39, 0.29) is 5.41 Å². The number of hydrogen-bond donors (Lipinski definition) is 1. The molecule has 0 bridgehead atoms. The van der Waals surface area contributed by atoms with Crippen molar-refractivity contribution in [1.82, 2.24) is 0 Å². The number of para-hydroxylation sites is 1. The van der Waals surface area contributed by atoms with Gasteiger partial charge in [-0.3, -0.25) is 0 Å². The molecule has 77 valence electrons. The molecule has 2 N–H and O–H groups in total. The van der Waals surface area contributed by atoms with Gasteiger partial charge in [0.25, 0.3) is 0 Å². The molecule has 1 aromatic rings. The largest absolute Gasteiger partial charge is 0.491 e. The molecule has 0 saturated heterocycles. The first kappa shape index (κ1) is 11.1. The molecule has 0 atom stereocenters. The van der Waals surface area contributed by atoms with E-state index in [0.29, 0.717) is 13.2 Å². The highest BCUT2D eigenvalue weighted by Crippen LogP contribution is 2.30. The van der Waals surface area contributed by atoms with Crippen molar-refractivity contribution in [1.29, 1.82) is 0 Å². The molecule has 0 unspecified atom stereocenters. The highest BCUT2D eigenvalue weighted by Gasteiger charge is 2.18. The maximum absolute atomic E-state index is 5.53. The van der Waals surface area contributed by atoms with E-state index in [4.69, 9.17) is 10.5 Å². The Morgan fingerprint density at radius 2 is 2.14 bits per heavy atom. The lowest BCUT2D eigenvalue weighted by atomic mass is 9.86. The number of rotatable bonds is 3. The van der Waals surface area contributed by atoms with Gasteiger partial charge in [-0.15, -0.1) is 0 Å². The number of hydrogen-bond acceptors (Lipinski definition) is 2. The third kappa shape index (κ3) is 2.74. The number of benzene rings is 1. The summed E-state index contributed by atoms with van der Waals surface area (Å²) in [6, 6.07) is 9.02. The van der Waals surface area contributed by atoms with Gasteiger partial charge in [0.1, 0.15) is 12.4 Å². The second-order valence-electron chi connectivity index (χ2n) is 4.30. The van der Waals surface area contributed by atoms with Crippen LogP contribution >= 0.6 is 0 Å². The summed E-state index contributed by atoms with van der Waals surface area (Å²) in [4.78, 5) is 0. The van der Waals surface area contributed by atoms with Gasteiger partial charge in [0, 0.05) is 18.2 Å². The summed E-state index contributed by atoms with van der Waals surface area (Å²) in [7, 11) is 0. The average Bonchev–Trinajstić information content (AvgIpc) is 2.14. The molecule has 1 rings (SSSR count). The Morgan fingerprint density at radius 1 is 1.43 bits per heavy atom. The number of nitrogens with two attached hydrogens (primary N) is 1. The molecule has 0 spiro atoms. The van der Waals surface area contributed by atoms with Gasteiger partial charge < -0.3 is 10.5 Å². The van der Waals surface area contributed by atoms with E-state index in [9.17, 15) is 0 Å². The van der Waals surface area contributed by atoms with Crippen LogP contribution in [0.1, 0.15) is 26.3 Å². The van der Waals surface area contributed by atoms with E-state index in [2.05, 4.69) is 32.9 Å². The molecule has 0 fully saturated rings. The summed E-state index contributed by atoms with van der Waals surface area (Å²) < 4.78 is 5.53. The maximum atomic E-state index is 5.53. The highest BCUT2D eigenvalue weighted by atomic mass is 16.5. The Morgan fingerprint density at radius 3 is 2.71 bits per heavy atom. The van der Waals surface area contributed by atoms with Crippen LogP contribution in [0.3, 0.4) is 0 Å². The Bertz CT molecular complexity index is 289. The smallest absolute Gasteiger partial charge is 0.131 e. The molecule has 2 nitrogen and oxygen atoms in total. The van der Waals surface area contributed by atoms with Crippen LogP contribution in [0, 0.1) is 6.07 Å². The second-order valence-corrected chi connectivity index (χ2v) is 4.30. The Labute approximate surface area is 86.1 Å². The predicted molar refractivity (Wildman–Crippen MR) is 58.5 cm³/mol. The molecular weight excluding hydrogens is 174 g/mol. The standard InChI is InChI=1S/C12H18NO/c1-12(2,3)10-6-4-5-7-11(10)14-9-8-13/h4-6H,8-9,13H2,1-3H3. The lowest BCUT2D eigenvalue weighted by Crippen LogP contribution is -2.16. The first-order valence-electron chi connectivity index (χ1n) is 4.90. The van der Waals surface area contributed by atoms with E-state index in [1.165, 1.54) is 5.56 Å². The Balaban J connectivity index is 2.92. The minimum Gasteiger partial charge on any atom is -0.491 e. The van der Waals surface area contributed by atoms with Crippen LogP contribution in [0.5, 0.6) is 5.75 Å². The minimum absolute atomic E-state index is 0.0850. The molecule has 0 aliphatic heterocycles. The van der Waals surface area contributed by atoms with Gasteiger partial charge in [0.15, 0.2) is 0 Å². The molecule has 14 heavy (non-hydrogen) atoms. The number of ether oxygens (including phenoxy) is 1. The first-order chi connectivity index (χ1) is 6.55. The molecule has 0 aliphatic rings. The van der Waals surface area contributed by atoms with E-state index in [1.807, 2.05) is 12.1 Å². The van der Waals surface area contributed by atoms with Gasteiger partial charge in [-0.05, 0) is 5.41 Å². The molecule has 0 saturated carbocycles. The summed E-state index contributed by atoms with van der Waals surface area (Å²) in [6.45, 7) is 7.55. The van der Waals surface area contributed by atoms with E-state index in [1.54, 1.807) is 0 Å². The van der Waals surface area contributed by atoms with Crippen molar-refractivity contribution in [2.24, 2.45) is 5.73 Å². The minimum atomic E-state index is 0.0850. The molecule has 1 aromatic carbocycles. The van der Waals surface area contributed by atoms with E-state index >= 15 is 0 Å². The second kappa shape index (κ2) is 4.47. The fraction of sp³-hybridized carbons (Fsp3) is 0.500. The Hall–Kier alpha value is -1.02. The van der Waals surface area contributed by atoms with Crippen molar-refractivity contribution in [3.8, 4) is 5.75 Å². The summed E-state index contributed by atoms with van der Waals surface area (Å²) in [5, 5.41) is 0. The maximum Gasteiger partial charge on any atom is 0.131 e. The molecule has 0 amide bonds. The zero-order valence-electron chi connectivity index (χ0n) is 9.13. The van der Waals surface area contributed by atoms with E-state index in [0.717, 1.165) is 5.75 Å². The molecular formula is C12H18NO. The van der Waals surface area contributed by atoms with Crippen molar-refractivity contribution in [2.45, 2.75) is 26.2 Å². The van der Waals surface area contributed by atoms with E-state index < -0.39 is 0 Å². The van der Waals surface area contributed by atoms with Crippen molar-refractivity contribution in [3.05, 3.63) is 29.8 Å². The lowest BCUT2D eigenvalue weighted by Gasteiger charge is -2.22. The SMILES string of the molecule is CC(C)(C)c1ccc[c]c1OCCN. The van der Waals surface area contributed by atoms with Crippen molar-refractivity contribution >= 4 is 0 Å². The van der Waals surface area contributed by atoms with Gasteiger partial charge >= 0.3 is 0 Å². The van der Waals surface area contributed by atoms with Crippen LogP contribution in [0.15, 0.2) is 18.2 Å². The van der Waals surface area contributed by atoms with Crippen LogP contribution in [0.2, 0.25) is 0 Å². The molecule has 0 aromatic heterocycles. The lowest BCUT2D eigenvalue weighted by molar-refractivity contribution is 0.318. The van der Waals surface area contributed by atoms with Crippen LogP contribution < -0.4 is 10.5 Å². The summed E-state index contributed by atoms with van der Waals surface area (Å²) in [5.41, 5.74) is 6.66. The van der Waals surface area contributed by atoms with Gasteiger partial charge in [0.2, 0.25) is 0 Å². The van der Waals surface area contributed by atoms with Crippen LogP contribution in [-0.2, 0) is 5.41 Å². The third-order valence-electron chi connectivity index (χ3n) is 1.99. The fourth-order valence-corrected chi connectivity index (χ4v) is 1.29. The van der Waals surface area contributed by atoms with Crippen LogP contribution in [0.25, 0.3) is 0 Å². The highest BCUT2D eigenvalue weighted by molar-refractivity contribution is 5.37. The van der Waals surface area contributed by atoms with Crippen molar-refractivity contribution in [3.63, 3.8) is 0 Å². The van der Waals surface area contributed by atoms with Gasteiger partial charge in [-0.1, -0.05) is 39.0 Å². The predicted octanol–water partition coefficient (Wildman–Crippen LogP) is 2.12. The zero-order chi connectivity index (χ0) is 10.6. The summed E-state index contributed by atoms with van der Waals surface area (Å²) in [6.07, 6.45) is 0. The van der Waals surface area contributed by atoms with Crippen LogP contribution in [-0.4, -0.2) is 13.2 Å². The quantitative estimate of drug-likeness (QED) is 0.796. The van der Waals surface area contributed by atoms with Gasteiger partial charge in [-0.2, -0.15) is 0 Å². The first-order valence-corrected chi connectivity index (χ1v) is 4.90. The van der Waals surface area contributed by atoms with Crippen molar-refractivity contribution in [2.75, 3.05) is 13.2 Å². The van der Waals surface area contributed by atoms with Gasteiger partial charge in [0.05, 0.1) is 0 Å². The fourth-order valence-electron chi connectivity index (χ4n) is 1.29. The summed E-state index contributed by atoms with van der Waals surface area (Å²) in [5.74, 6) is 0.824. The average molecular weight is 192 g/mol. The monoisotopic (exact) mass is 192 g/mol.